The SMILES string of the molecule is Cc1ccc(C(=O)c2ccc(=O)n3c2N(C)CCC3)cc1. The molecule has 1 aromatic heterocycles. The van der Waals surface area contributed by atoms with E-state index < -0.39 is 0 Å². The highest BCUT2D eigenvalue weighted by Crippen LogP contribution is 2.24. The highest BCUT2D eigenvalue weighted by molar-refractivity contribution is 6.12. The van der Waals surface area contributed by atoms with Gasteiger partial charge in [0.25, 0.3) is 5.56 Å². The maximum absolute atomic E-state index is 12.7. The number of hydrogen-bond acceptors (Lipinski definition) is 3. The summed E-state index contributed by atoms with van der Waals surface area (Å²) in [6.07, 6.45) is 0.922. The third-order valence-electron chi connectivity index (χ3n) is 3.95. The molecule has 0 amide bonds. The van der Waals surface area contributed by atoms with Crippen molar-refractivity contribution in [3.8, 4) is 0 Å². The number of carbonyl (C=O) groups is 1. The van der Waals surface area contributed by atoms with E-state index in [2.05, 4.69) is 0 Å². The van der Waals surface area contributed by atoms with E-state index in [0.717, 1.165) is 24.3 Å². The summed E-state index contributed by atoms with van der Waals surface area (Å²) in [4.78, 5) is 26.7. The van der Waals surface area contributed by atoms with E-state index >= 15 is 0 Å². The van der Waals surface area contributed by atoms with Gasteiger partial charge < -0.3 is 4.90 Å². The van der Waals surface area contributed by atoms with Crippen molar-refractivity contribution < 1.29 is 4.79 Å². The Morgan fingerprint density at radius 3 is 2.48 bits per heavy atom. The number of rotatable bonds is 2. The van der Waals surface area contributed by atoms with Gasteiger partial charge >= 0.3 is 0 Å². The first kappa shape index (κ1) is 13.6. The van der Waals surface area contributed by atoms with Gasteiger partial charge in [-0.15, -0.1) is 0 Å². The molecule has 0 radical (unpaired) electrons. The largest absolute Gasteiger partial charge is 0.360 e. The first-order chi connectivity index (χ1) is 10.1. The zero-order valence-corrected chi connectivity index (χ0v) is 12.3. The number of aryl methyl sites for hydroxylation is 1. The molecule has 0 saturated heterocycles. The number of hydrogen-bond donors (Lipinski definition) is 0. The molecule has 0 unspecified atom stereocenters. The molecular formula is C17H18N2O2. The molecule has 4 heteroatoms. The van der Waals surface area contributed by atoms with Gasteiger partial charge in [-0.3, -0.25) is 14.2 Å². The normalized spacial score (nSPS) is 13.9. The molecule has 3 rings (SSSR count). The van der Waals surface area contributed by atoms with Gasteiger partial charge in [-0.05, 0) is 19.4 Å². The van der Waals surface area contributed by atoms with Crippen molar-refractivity contribution >= 4 is 11.6 Å². The van der Waals surface area contributed by atoms with Crippen molar-refractivity contribution in [1.29, 1.82) is 0 Å². The molecule has 4 nitrogen and oxygen atoms in total. The highest BCUT2D eigenvalue weighted by atomic mass is 16.1. The van der Waals surface area contributed by atoms with Crippen molar-refractivity contribution in [3.63, 3.8) is 0 Å². The van der Waals surface area contributed by atoms with E-state index in [1.165, 1.54) is 6.07 Å². The van der Waals surface area contributed by atoms with Crippen molar-refractivity contribution in [3.05, 3.63) is 63.4 Å². The molecule has 2 aromatic rings. The molecule has 1 aliphatic rings. The van der Waals surface area contributed by atoms with Gasteiger partial charge in [0, 0.05) is 31.8 Å². The lowest BCUT2D eigenvalue weighted by atomic mass is 10.0. The summed E-state index contributed by atoms with van der Waals surface area (Å²) in [5.41, 5.74) is 2.33. The van der Waals surface area contributed by atoms with Crippen LogP contribution in [0.4, 0.5) is 5.82 Å². The molecule has 1 aromatic carbocycles. The summed E-state index contributed by atoms with van der Waals surface area (Å²) in [5.74, 6) is 0.701. The lowest BCUT2D eigenvalue weighted by molar-refractivity contribution is 0.103. The second kappa shape index (κ2) is 5.20. The van der Waals surface area contributed by atoms with Crippen LogP contribution < -0.4 is 10.5 Å². The van der Waals surface area contributed by atoms with Gasteiger partial charge in [0.2, 0.25) is 0 Å². The molecule has 21 heavy (non-hydrogen) atoms. The minimum absolute atomic E-state index is 0.0347. The van der Waals surface area contributed by atoms with Crippen LogP contribution in [0.3, 0.4) is 0 Å². The van der Waals surface area contributed by atoms with Crippen LogP contribution >= 0.6 is 0 Å². The van der Waals surface area contributed by atoms with Crippen LogP contribution in [0.1, 0.15) is 27.9 Å². The number of benzene rings is 1. The van der Waals surface area contributed by atoms with Gasteiger partial charge in [0.1, 0.15) is 5.82 Å². The second-order valence-electron chi connectivity index (χ2n) is 5.53. The highest BCUT2D eigenvalue weighted by Gasteiger charge is 2.23. The standard InChI is InChI=1S/C17H18N2O2/c1-12-4-6-13(7-5-12)16(21)14-8-9-15(20)19-11-3-10-18(2)17(14)19/h4-9H,3,10-11H2,1-2H3. The minimum atomic E-state index is -0.0444. The lowest BCUT2D eigenvalue weighted by Crippen LogP contribution is -2.36. The van der Waals surface area contributed by atoms with E-state index in [1.807, 2.05) is 43.1 Å². The fourth-order valence-electron chi connectivity index (χ4n) is 2.81. The Morgan fingerprint density at radius 1 is 1.05 bits per heavy atom. The molecule has 0 N–H and O–H groups in total. The zero-order chi connectivity index (χ0) is 15.0. The lowest BCUT2D eigenvalue weighted by Gasteiger charge is -2.30. The number of fused-ring (bicyclic) bond motifs is 1. The van der Waals surface area contributed by atoms with Gasteiger partial charge in [-0.1, -0.05) is 29.8 Å². The fraction of sp³-hybridized carbons (Fsp3) is 0.294. The summed E-state index contributed by atoms with van der Waals surface area (Å²) in [5, 5.41) is 0. The molecule has 0 atom stereocenters. The number of anilines is 1. The molecule has 0 fully saturated rings. The molecule has 0 aliphatic carbocycles. The Labute approximate surface area is 123 Å². The Kier molecular flexibility index (Phi) is 3.37. The Morgan fingerprint density at radius 2 is 1.76 bits per heavy atom. The summed E-state index contributed by atoms with van der Waals surface area (Å²) in [6, 6.07) is 10.7. The van der Waals surface area contributed by atoms with E-state index in [9.17, 15) is 9.59 Å². The zero-order valence-electron chi connectivity index (χ0n) is 12.3. The van der Waals surface area contributed by atoms with Crippen molar-refractivity contribution in [2.75, 3.05) is 18.5 Å². The van der Waals surface area contributed by atoms with Gasteiger partial charge in [0.05, 0.1) is 5.56 Å². The summed E-state index contributed by atoms with van der Waals surface area (Å²) in [7, 11) is 1.93. The van der Waals surface area contributed by atoms with Crippen molar-refractivity contribution in [1.82, 2.24) is 4.57 Å². The predicted octanol–water partition coefficient (Wildman–Crippen LogP) is 2.23. The van der Waals surface area contributed by atoms with E-state index in [0.29, 0.717) is 17.7 Å². The Bertz CT molecular complexity index is 744. The van der Waals surface area contributed by atoms with Crippen LogP contribution in [-0.4, -0.2) is 23.9 Å². The predicted molar refractivity (Wildman–Crippen MR) is 83.2 cm³/mol. The molecule has 2 heterocycles. The topological polar surface area (TPSA) is 42.3 Å². The van der Waals surface area contributed by atoms with Crippen molar-refractivity contribution in [2.45, 2.75) is 19.9 Å². The first-order valence-corrected chi connectivity index (χ1v) is 7.14. The van der Waals surface area contributed by atoms with Gasteiger partial charge in [-0.2, -0.15) is 0 Å². The maximum atomic E-state index is 12.7. The third-order valence-corrected chi connectivity index (χ3v) is 3.95. The summed E-state index contributed by atoms with van der Waals surface area (Å²) >= 11 is 0. The van der Waals surface area contributed by atoms with Crippen LogP contribution in [0.15, 0.2) is 41.2 Å². The number of nitrogens with zero attached hydrogens (tertiary/aromatic N) is 2. The molecule has 108 valence electrons. The molecule has 0 bridgehead atoms. The number of pyridine rings is 1. The smallest absolute Gasteiger partial charge is 0.252 e. The quantitative estimate of drug-likeness (QED) is 0.793. The fourth-order valence-corrected chi connectivity index (χ4v) is 2.81. The number of aromatic nitrogens is 1. The van der Waals surface area contributed by atoms with Crippen LogP contribution in [0.2, 0.25) is 0 Å². The van der Waals surface area contributed by atoms with Crippen LogP contribution in [0.25, 0.3) is 0 Å². The average molecular weight is 282 g/mol. The first-order valence-electron chi connectivity index (χ1n) is 7.14. The average Bonchev–Trinajstić information content (AvgIpc) is 2.49. The second-order valence-corrected chi connectivity index (χ2v) is 5.53. The number of carbonyl (C=O) groups excluding carboxylic acids is 1. The molecular weight excluding hydrogens is 264 g/mol. The van der Waals surface area contributed by atoms with Crippen LogP contribution in [0, 0.1) is 6.92 Å². The Hall–Kier alpha value is -2.36. The van der Waals surface area contributed by atoms with Crippen LogP contribution in [0.5, 0.6) is 0 Å². The van der Waals surface area contributed by atoms with Gasteiger partial charge in [-0.25, -0.2) is 0 Å². The van der Waals surface area contributed by atoms with E-state index in [-0.39, 0.29) is 11.3 Å². The van der Waals surface area contributed by atoms with Crippen LogP contribution in [-0.2, 0) is 6.54 Å². The van der Waals surface area contributed by atoms with E-state index in [4.69, 9.17) is 0 Å². The van der Waals surface area contributed by atoms with E-state index in [1.54, 1.807) is 10.6 Å². The monoisotopic (exact) mass is 282 g/mol. The van der Waals surface area contributed by atoms with Crippen molar-refractivity contribution in [2.24, 2.45) is 0 Å². The summed E-state index contributed by atoms with van der Waals surface area (Å²) in [6.45, 7) is 3.52. The minimum Gasteiger partial charge on any atom is -0.360 e. The maximum Gasteiger partial charge on any atom is 0.252 e. The Balaban J connectivity index is 2.13. The third kappa shape index (κ3) is 2.37. The molecule has 0 spiro atoms. The molecule has 1 aliphatic heterocycles. The molecule has 0 saturated carbocycles. The number of ketones is 1. The summed E-state index contributed by atoms with van der Waals surface area (Å²) < 4.78 is 1.70. The van der Waals surface area contributed by atoms with Gasteiger partial charge in [0.15, 0.2) is 5.78 Å².